The fourth-order valence-corrected chi connectivity index (χ4v) is 3.82. The zero-order valence-electron chi connectivity index (χ0n) is 17.2. The lowest BCUT2D eigenvalue weighted by Gasteiger charge is -2.31. The summed E-state index contributed by atoms with van der Waals surface area (Å²) in [5.41, 5.74) is -0.500. The first-order chi connectivity index (χ1) is 12.7. The van der Waals surface area contributed by atoms with Gasteiger partial charge < -0.3 is 19.3 Å². The fourth-order valence-electron chi connectivity index (χ4n) is 3.82. The van der Waals surface area contributed by atoms with E-state index < -0.39 is 23.1 Å². The van der Waals surface area contributed by atoms with Crippen LogP contribution in [0, 0.1) is 11.3 Å². The molecule has 1 aromatic carbocycles. The number of aliphatic hydroxyl groups excluding tert-OH is 1. The number of epoxide rings is 1. The predicted molar refractivity (Wildman–Crippen MR) is 104 cm³/mol. The van der Waals surface area contributed by atoms with Crippen LogP contribution in [0.15, 0.2) is 30.3 Å². The molecule has 5 nitrogen and oxygen atoms in total. The van der Waals surface area contributed by atoms with E-state index >= 15 is 0 Å². The molecular formula is C22H34O5. The first kappa shape index (κ1) is 21.9. The molecule has 1 fully saturated rings. The molecule has 0 aliphatic carbocycles. The van der Waals surface area contributed by atoms with Gasteiger partial charge in [-0.2, -0.15) is 0 Å². The Morgan fingerprint density at radius 3 is 2.59 bits per heavy atom. The molecule has 27 heavy (non-hydrogen) atoms. The maximum atomic E-state index is 11.9. The molecule has 0 spiro atoms. The van der Waals surface area contributed by atoms with Crippen molar-refractivity contribution in [1.29, 1.82) is 0 Å². The Hall–Kier alpha value is -1.43. The molecule has 0 saturated carbocycles. The molecule has 1 aliphatic rings. The summed E-state index contributed by atoms with van der Waals surface area (Å²) < 4.78 is 16.4. The van der Waals surface area contributed by atoms with Gasteiger partial charge in [0.25, 0.3) is 0 Å². The summed E-state index contributed by atoms with van der Waals surface area (Å²) in [7, 11) is 1.34. The zero-order chi connectivity index (χ0) is 20.1. The predicted octanol–water partition coefficient (Wildman–Crippen LogP) is 3.73. The van der Waals surface area contributed by atoms with Gasteiger partial charge in [0.1, 0.15) is 11.7 Å². The highest BCUT2D eigenvalue weighted by molar-refractivity contribution is 5.76. The molecule has 5 heteroatoms. The molecule has 4 atom stereocenters. The number of benzene rings is 1. The third-order valence-electron chi connectivity index (χ3n) is 5.65. The van der Waals surface area contributed by atoms with E-state index in [1.165, 1.54) is 12.7 Å². The van der Waals surface area contributed by atoms with Crippen LogP contribution in [-0.4, -0.2) is 42.6 Å². The number of methoxy groups -OCH3 is 1. The second kappa shape index (κ2) is 9.18. The minimum Gasteiger partial charge on any atom is -0.469 e. The van der Waals surface area contributed by atoms with Crippen molar-refractivity contribution < 1.29 is 24.1 Å². The molecule has 0 aromatic heterocycles. The minimum atomic E-state index is -0.997. The van der Waals surface area contributed by atoms with Crippen LogP contribution in [0.2, 0.25) is 0 Å². The fraction of sp³-hybridized carbons (Fsp3) is 0.682. The summed E-state index contributed by atoms with van der Waals surface area (Å²) in [5.74, 6) is -0.110. The van der Waals surface area contributed by atoms with Gasteiger partial charge >= 0.3 is 5.97 Å². The number of carbonyl (C=O) groups excluding carboxylic acids is 1. The number of hydrogen-bond donors (Lipinski definition) is 1. The second-order valence-corrected chi connectivity index (χ2v) is 8.35. The molecule has 1 aliphatic heterocycles. The molecule has 2 rings (SSSR count). The average Bonchev–Trinajstić information content (AvgIpc) is 3.36. The molecule has 0 bridgehead atoms. The number of aliphatic hydroxyl groups is 1. The summed E-state index contributed by atoms with van der Waals surface area (Å²) in [4.78, 5) is 11.9. The van der Waals surface area contributed by atoms with Crippen LogP contribution in [0.5, 0.6) is 0 Å². The highest BCUT2D eigenvalue weighted by Crippen LogP contribution is 2.49. The van der Waals surface area contributed by atoms with E-state index in [1.54, 1.807) is 13.8 Å². The smallest absolute Gasteiger partial charge is 0.313 e. The van der Waals surface area contributed by atoms with Crippen LogP contribution in [0.25, 0.3) is 0 Å². The van der Waals surface area contributed by atoms with Gasteiger partial charge in [-0.3, -0.25) is 4.79 Å². The Balaban J connectivity index is 1.68. The number of esters is 1. The van der Waals surface area contributed by atoms with Crippen molar-refractivity contribution in [3.05, 3.63) is 35.9 Å². The molecule has 1 aromatic rings. The van der Waals surface area contributed by atoms with Gasteiger partial charge in [0.15, 0.2) is 0 Å². The summed E-state index contributed by atoms with van der Waals surface area (Å²) in [6, 6.07) is 10.2. The van der Waals surface area contributed by atoms with E-state index in [0.29, 0.717) is 12.5 Å². The summed E-state index contributed by atoms with van der Waals surface area (Å²) in [6.45, 7) is 8.80. The van der Waals surface area contributed by atoms with E-state index in [1.807, 2.05) is 25.1 Å². The van der Waals surface area contributed by atoms with Crippen molar-refractivity contribution in [3.8, 4) is 0 Å². The number of hydrogen-bond acceptors (Lipinski definition) is 5. The van der Waals surface area contributed by atoms with Crippen LogP contribution in [0.4, 0.5) is 0 Å². The lowest BCUT2D eigenvalue weighted by molar-refractivity contribution is -0.160. The number of ether oxygens (including phenoxy) is 3. The second-order valence-electron chi connectivity index (χ2n) is 8.35. The van der Waals surface area contributed by atoms with Gasteiger partial charge in [0.05, 0.1) is 25.2 Å². The van der Waals surface area contributed by atoms with Crippen LogP contribution in [-0.2, 0) is 25.6 Å². The van der Waals surface area contributed by atoms with E-state index in [-0.39, 0.29) is 6.10 Å². The maximum absolute atomic E-state index is 11.9. The zero-order valence-corrected chi connectivity index (χ0v) is 17.2. The number of unbranched alkanes of at least 4 members (excludes halogenated alkanes) is 1. The summed E-state index contributed by atoms with van der Waals surface area (Å²) >= 11 is 0. The third kappa shape index (κ3) is 5.31. The standard InChI is InChI=1S/C22H34O5/c1-16(11-9-10-14-26-15-17-12-7-6-8-13-17)18-22(4,27-18)19(23)21(2,3)20(24)25-5/h6-8,12-13,16,18-19,23H,9-11,14-15H2,1-5H3/t16-,18-,19?,22+/m0/s1. The van der Waals surface area contributed by atoms with Crippen molar-refractivity contribution in [2.24, 2.45) is 11.3 Å². The quantitative estimate of drug-likeness (QED) is 0.361. The van der Waals surface area contributed by atoms with Gasteiger partial charge in [-0.05, 0) is 45.1 Å². The van der Waals surface area contributed by atoms with Crippen LogP contribution in [0.3, 0.4) is 0 Å². The molecule has 0 amide bonds. The van der Waals surface area contributed by atoms with Crippen LogP contribution < -0.4 is 0 Å². The van der Waals surface area contributed by atoms with Crippen molar-refractivity contribution >= 4 is 5.97 Å². The highest BCUT2D eigenvalue weighted by atomic mass is 16.6. The normalized spacial score (nSPS) is 24.3. The molecule has 1 unspecified atom stereocenters. The SMILES string of the molecule is COC(=O)C(C)(C)C(O)[C@]1(C)O[C@H]1[C@@H](C)CCCCOCc1ccccc1. The molecule has 1 N–H and O–H groups in total. The molecular weight excluding hydrogens is 344 g/mol. The van der Waals surface area contributed by atoms with E-state index in [2.05, 4.69) is 19.1 Å². The Morgan fingerprint density at radius 1 is 1.30 bits per heavy atom. The molecule has 1 heterocycles. The minimum absolute atomic E-state index is 0.0401. The summed E-state index contributed by atoms with van der Waals surface area (Å²) in [5, 5.41) is 10.7. The van der Waals surface area contributed by atoms with Gasteiger partial charge in [-0.1, -0.05) is 43.7 Å². The number of rotatable bonds is 11. The maximum Gasteiger partial charge on any atom is 0.313 e. The Labute approximate surface area is 163 Å². The van der Waals surface area contributed by atoms with Crippen molar-refractivity contribution in [2.75, 3.05) is 13.7 Å². The van der Waals surface area contributed by atoms with Gasteiger partial charge in [-0.25, -0.2) is 0 Å². The van der Waals surface area contributed by atoms with Crippen molar-refractivity contribution in [2.45, 2.75) is 71.4 Å². The third-order valence-corrected chi connectivity index (χ3v) is 5.65. The van der Waals surface area contributed by atoms with Gasteiger partial charge in [0.2, 0.25) is 0 Å². The van der Waals surface area contributed by atoms with Crippen LogP contribution in [0.1, 0.15) is 52.5 Å². The molecule has 152 valence electrons. The Morgan fingerprint density at radius 2 is 1.96 bits per heavy atom. The van der Waals surface area contributed by atoms with Crippen LogP contribution >= 0.6 is 0 Å². The van der Waals surface area contributed by atoms with Gasteiger partial charge in [-0.15, -0.1) is 0 Å². The largest absolute Gasteiger partial charge is 0.469 e. The molecule has 1 saturated heterocycles. The molecule has 0 radical (unpaired) electrons. The number of carbonyl (C=O) groups is 1. The van der Waals surface area contributed by atoms with E-state index in [0.717, 1.165) is 25.9 Å². The summed E-state index contributed by atoms with van der Waals surface area (Å²) in [6.07, 6.45) is 2.10. The Bertz CT molecular complexity index is 600. The van der Waals surface area contributed by atoms with E-state index in [4.69, 9.17) is 14.2 Å². The first-order valence-electron chi connectivity index (χ1n) is 9.79. The highest BCUT2D eigenvalue weighted by Gasteiger charge is 2.64. The first-order valence-corrected chi connectivity index (χ1v) is 9.79. The van der Waals surface area contributed by atoms with E-state index in [9.17, 15) is 9.90 Å². The van der Waals surface area contributed by atoms with Crippen molar-refractivity contribution in [1.82, 2.24) is 0 Å². The van der Waals surface area contributed by atoms with Gasteiger partial charge in [0, 0.05) is 6.61 Å². The average molecular weight is 379 g/mol. The monoisotopic (exact) mass is 378 g/mol. The lowest BCUT2D eigenvalue weighted by atomic mass is 9.76. The lowest BCUT2D eigenvalue weighted by Crippen LogP contribution is -2.47. The van der Waals surface area contributed by atoms with Crippen molar-refractivity contribution in [3.63, 3.8) is 0 Å². The Kier molecular flexibility index (Phi) is 7.43. The topological polar surface area (TPSA) is 68.3 Å².